The van der Waals surface area contributed by atoms with Crippen molar-refractivity contribution in [2.75, 3.05) is 46.4 Å². The van der Waals surface area contributed by atoms with Crippen molar-refractivity contribution in [3.63, 3.8) is 0 Å². The van der Waals surface area contributed by atoms with E-state index in [0.29, 0.717) is 18.4 Å². The van der Waals surface area contributed by atoms with Crippen molar-refractivity contribution in [2.45, 2.75) is 18.9 Å². The van der Waals surface area contributed by atoms with Crippen LogP contribution in [-0.2, 0) is 4.79 Å². The Morgan fingerprint density at radius 3 is 2.15 bits per heavy atom. The van der Waals surface area contributed by atoms with Crippen LogP contribution in [-0.4, -0.2) is 67.3 Å². The number of hydrogen-bond donors (Lipinski definition) is 1. The fourth-order valence-electron chi connectivity index (χ4n) is 4.96. The zero-order valence-electron chi connectivity index (χ0n) is 22.6. The Morgan fingerprint density at radius 1 is 0.872 bits per heavy atom. The summed E-state index contributed by atoms with van der Waals surface area (Å²) in [6, 6.07) is 27.7. The minimum absolute atomic E-state index is 0.293. The molecule has 3 aromatic carbocycles. The van der Waals surface area contributed by atoms with Crippen LogP contribution < -0.4 is 9.47 Å². The smallest absolute Gasteiger partial charge is 0.328 e. The molecule has 0 bridgehead atoms. The molecule has 204 valence electrons. The first-order valence-electron chi connectivity index (χ1n) is 13.6. The van der Waals surface area contributed by atoms with Crippen LogP contribution in [0.15, 0.2) is 97.1 Å². The predicted octanol–water partition coefficient (Wildman–Crippen LogP) is 5.92. The average Bonchev–Trinajstić information content (AvgIpc) is 2.97. The van der Waals surface area contributed by atoms with E-state index in [4.69, 9.17) is 14.6 Å². The van der Waals surface area contributed by atoms with Crippen molar-refractivity contribution in [2.24, 2.45) is 0 Å². The number of ether oxygens (including phenoxy) is 2. The van der Waals surface area contributed by atoms with Gasteiger partial charge in [-0.2, -0.15) is 0 Å². The topological polar surface area (TPSA) is 62.2 Å². The molecule has 1 aliphatic rings. The van der Waals surface area contributed by atoms with Gasteiger partial charge in [-0.25, -0.2) is 4.79 Å². The first-order valence-corrected chi connectivity index (χ1v) is 13.6. The Morgan fingerprint density at radius 2 is 1.54 bits per heavy atom. The molecule has 0 unspecified atom stereocenters. The van der Waals surface area contributed by atoms with Crippen molar-refractivity contribution >= 4 is 12.0 Å². The number of carbonyl (C=O) groups is 1. The molecule has 3 aromatic rings. The number of carboxylic acid groups (broad SMARTS) is 1. The monoisotopic (exact) mass is 526 g/mol. The maximum Gasteiger partial charge on any atom is 0.328 e. The highest BCUT2D eigenvalue weighted by Crippen LogP contribution is 2.30. The molecule has 6 heteroatoms. The lowest BCUT2D eigenvalue weighted by atomic mass is 9.96. The van der Waals surface area contributed by atoms with Gasteiger partial charge < -0.3 is 19.5 Å². The number of rotatable bonds is 13. The van der Waals surface area contributed by atoms with Crippen LogP contribution >= 0.6 is 0 Å². The quantitative estimate of drug-likeness (QED) is 0.170. The second kappa shape index (κ2) is 14.9. The normalized spacial score (nSPS) is 14.8. The molecule has 0 amide bonds. The molecular weight excluding hydrogens is 488 g/mol. The molecule has 0 radical (unpaired) electrons. The lowest BCUT2D eigenvalue weighted by molar-refractivity contribution is -0.131. The largest absolute Gasteiger partial charge is 0.493 e. The molecule has 0 aromatic heterocycles. The first-order chi connectivity index (χ1) is 19.1. The first kappa shape index (κ1) is 28.1. The van der Waals surface area contributed by atoms with E-state index in [1.54, 1.807) is 13.2 Å². The second-order valence-electron chi connectivity index (χ2n) is 9.62. The van der Waals surface area contributed by atoms with Crippen LogP contribution in [0.2, 0.25) is 0 Å². The third kappa shape index (κ3) is 8.57. The van der Waals surface area contributed by atoms with Crippen LogP contribution in [0.25, 0.3) is 6.08 Å². The van der Waals surface area contributed by atoms with Crippen molar-refractivity contribution in [3.8, 4) is 11.5 Å². The van der Waals surface area contributed by atoms with Gasteiger partial charge in [-0.1, -0.05) is 85.0 Å². The van der Waals surface area contributed by atoms with E-state index >= 15 is 0 Å². The van der Waals surface area contributed by atoms with Crippen molar-refractivity contribution in [1.29, 1.82) is 0 Å². The lowest BCUT2D eigenvalue weighted by Gasteiger charge is -2.39. The van der Waals surface area contributed by atoms with Crippen LogP contribution in [0.4, 0.5) is 0 Å². The Hall–Kier alpha value is -3.87. The van der Waals surface area contributed by atoms with E-state index in [2.05, 4.69) is 70.5 Å². The summed E-state index contributed by atoms with van der Waals surface area (Å²) in [7, 11) is 1.62. The summed E-state index contributed by atoms with van der Waals surface area (Å²) < 4.78 is 11.5. The number of aliphatic carboxylic acids is 1. The Labute approximate surface area is 231 Å². The molecule has 1 heterocycles. The number of benzene rings is 3. The molecule has 6 nitrogen and oxygen atoms in total. The third-order valence-electron chi connectivity index (χ3n) is 6.96. The minimum atomic E-state index is -0.969. The molecule has 0 atom stereocenters. The summed E-state index contributed by atoms with van der Waals surface area (Å²) in [5, 5.41) is 8.67. The lowest BCUT2D eigenvalue weighted by Crippen LogP contribution is -2.48. The number of nitrogens with zero attached hydrogens (tertiary/aromatic N) is 2. The maximum absolute atomic E-state index is 10.6. The summed E-state index contributed by atoms with van der Waals surface area (Å²) in [6.07, 6.45) is 8.16. The Balaban J connectivity index is 1.21. The number of carboxylic acids is 1. The molecule has 39 heavy (non-hydrogen) atoms. The number of hydrogen-bond acceptors (Lipinski definition) is 5. The van der Waals surface area contributed by atoms with Gasteiger partial charge in [0.15, 0.2) is 11.5 Å². The maximum atomic E-state index is 10.6. The highest BCUT2D eigenvalue weighted by Gasteiger charge is 2.26. The highest BCUT2D eigenvalue weighted by molar-refractivity contribution is 5.80. The van der Waals surface area contributed by atoms with Crippen molar-refractivity contribution in [3.05, 3.63) is 114 Å². The summed E-state index contributed by atoms with van der Waals surface area (Å²) in [5.74, 6) is 0.419. The molecule has 1 saturated heterocycles. The summed E-state index contributed by atoms with van der Waals surface area (Å²) in [5.41, 5.74) is 3.61. The van der Waals surface area contributed by atoms with Gasteiger partial charge in [0, 0.05) is 32.3 Å². The predicted molar refractivity (Wildman–Crippen MR) is 156 cm³/mol. The second-order valence-corrected chi connectivity index (χ2v) is 9.62. The molecular formula is C33H38N2O4. The van der Waals surface area contributed by atoms with Crippen LogP contribution in [0.5, 0.6) is 11.5 Å². The number of piperazine rings is 1. The third-order valence-corrected chi connectivity index (χ3v) is 6.96. The van der Waals surface area contributed by atoms with E-state index < -0.39 is 5.97 Å². The summed E-state index contributed by atoms with van der Waals surface area (Å²) in [6.45, 7) is 5.95. The molecule has 1 fully saturated rings. The molecule has 1 N–H and O–H groups in total. The fourth-order valence-corrected chi connectivity index (χ4v) is 4.96. The van der Waals surface area contributed by atoms with E-state index in [-0.39, 0.29) is 0 Å². The standard InChI is InChI=1S/C33H38N2O4/c1-38-31-26-27(12-8-9-17-32(36)37)18-19-30(31)39-25-11-10-20-34-21-23-35(24-22-34)33(28-13-4-2-5-14-28)29-15-6-3-7-16-29/h2-9,12-19,26,33H,10-11,20-25H2,1H3,(H,36,37). The van der Waals surface area contributed by atoms with E-state index in [0.717, 1.165) is 63.0 Å². The molecule has 0 aliphatic carbocycles. The van der Waals surface area contributed by atoms with E-state index in [1.165, 1.54) is 17.2 Å². The zero-order valence-corrected chi connectivity index (χ0v) is 22.6. The Bertz CT molecular complexity index is 1180. The average molecular weight is 527 g/mol. The van der Waals surface area contributed by atoms with Gasteiger partial charge in [0.1, 0.15) is 0 Å². The molecule has 4 rings (SSSR count). The Kier molecular flexibility index (Phi) is 10.8. The summed E-state index contributed by atoms with van der Waals surface area (Å²) in [4.78, 5) is 15.7. The molecule has 0 spiro atoms. The van der Waals surface area contributed by atoms with Gasteiger partial charge in [0.25, 0.3) is 0 Å². The molecule has 0 saturated carbocycles. The van der Waals surface area contributed by atoms with Gasteiger partial charge in [0.2, 0.25) is 0 Å². The van der Waals surface area contributed by atoms with E-state index in [9.17, 15) is 4.79 Å². The summed E-state index contributed by atoms with van der Waals surface area (Å²) >= 11 is 0. The van der Waals surface area contributed by atoms with Crippen LogP contribution in [0, 0.1) is 0 Å². The van der Waals surface area contributed by atoms with Crippen LogP contribution in [0.3, 0.4) is 0 Å². The SMILES string of the molecule is COc1cc(C=CC=CC(=O)O)ccc1OCCCCN1CCN(C(c2ccccc2)c2ccccc2)CC1. The van der Waals surface area contributed by atoms with Gasteiger partial charge in [-0.15, -0.1) is 0 Å². The fraction of sp³-hybridized carbons (Fsp3) is 0.303. The van der Waals surface area contributed by atoms with Gasteiger partial charge in [-0.3, -0.25) is 4.90 Å². The minimum Gasteiger partial charge on any atom is -0.493 e. The van der Waals surface area contributed by atoms with Crippen molar-refractivity contribution in [1.82, 2.24) is 9.80 Å². The van der Waals surface area contributed by atoms with Crippen molar-refractivity contribution < 1.29 is 19.4 Å². The van der Waals surface area contributed by atoms with Gasteiger partial charge in [-0.05, 0) is 48.2 Å². The number of unbranched alkanes of at least 4 members (excludes halogenated alkanes) is 1. The van der Waals surface area contributed by atoms with Gasteiger partial charge >= 0.3 is 5.97 Å². The number of allylic oxidation sites excluding steroid dienone is 2. The van der Waals surface area contributed by atoms with E-state index in [1.807, 2.05) is 24.3 Å². The zero-order chi connectivity index (χ0) is 27.3. The highest BCUT2D eigenvalue weighted by atomic mass is 16.5. The number of methoxy groups -OCH3 is 1. The van der Waals surface area contributed by atoms with Gasteiger partial charge in [0.05, 0.1) is 19.8 Å². The molecule has 1 aliphatic heterocycles. The van der Waals surface area contributed by atoms with Crippen LogP contribution in [0.1, 0.15) is 35.6 Å².